The van der Waals surface area contributed by atoms with Gasteiger partial charge in [0.2, 0.25) is 0 Å². The molecule has 164 valence electrons. The Morgan fingerprint density at radius 1 is 1.17 bits per heavy atom. The van der Waals surface area contributed by atoms with Crippen LogP contribution in [0.25, 0.3) is 0 Å². The second-order valence-corrected chi connectivity index (χ2v) is 8.47. The quantitative estimate of drug-likeness (QED) is 0.369. The fourth-order valence-corrected chi connectivity index (χ4v) is 3.66. The lowest BCUT2D eigenvalue weighted by atomic mass is 9.75. The van der Waals surface area contributed by atoms with Crippen molar-refractivity contribution in [2.24, 2.45) is 11.8 Å². The van der Waals surface area contributed by atoms with Gasteiger partial charge in [-0.05, 0) is 30.7 Å². The summed E-state index contributed by atoms with van der Waals surface area (Å²) >= 11 is 0. The van der Waals surface area contributed by atoms with Crippen molar-refractivity contribution in [1.29, 1.82) is 0 Å². The highest BCUT2D eigenvalue weighted by Gasteiger charge is 2.61. The van der Waals surface area contributed by atoms with E-state index in [9.17, 15) is 4.79 Å². The molecule has 0 bridgehead atoms. The number of pyridine rings is 1. The van der Waals surface area contributed by atoms with Crippen molar-refractivity contribution in [3.63, 3.8) is 0 Å². The monoisotopic (exact) mass is 408 g/mol. The van der Waals surface area contributed by atoms with Crippen molar-refractivity contribution in [2.75, 3.05) is 34.4 Å². The van der Waals surface area contributed by atoms with Crippen LogP contribution in [0.5, 0.6) is 5.75 Å². The molecule has 29 heavy (non-hydrogen) atoms. The average molecular weight is 409 g/mol. The van der Waals surface area contributed by atoms with Gasteiger partial charge in [-0.1, -0.05) is 27.7 Å². The van der Waals surface area contributed by atoms with Crippen molar-refractivity contribution < 1.29 is 23.7 Å². The van der Waals surface area contributed by atoms with E-state index in [2.05, 4.69) is 32.7 Å². The third-order valence-corrected chi connectivity index (χ3v) is 5.13. The van der Waals surface area contributed by atoms with Gasteiger partial charge in [0.05, 0.1) is 12.6 Å². The van der Waals surface area contributed by atoms with Gasteiger partial charge in [0.25, 0.3) is 5.91 Å². The summed E-state index contributed by atoms with van der Waals surface area (Å²) < 4.78 is 22.3. The first-order chi connectivity index (χ1) is 13.8. The maximum Gasteiger partial charge on any atom is 0.259 e. The summed E-state index contributed by atoms with van der Waals surface area (Å²) in [5.41, 5.74) is -0.232. The molecule has 7 nitrogen and oxygen atoms in total. The number of carbonyl (C=O) groups excluding carboxylic acids is 1. The third-order valence-electron chi connectivity index (χ3n) is 5.13. The molecule has 1 aromatic heterocycles. The molecular formula is C22H36N2O5. The number of likely N-dealkylation sites (tertiary alicyclic amines) is 1. The minimum atomic E-state index is -0.998. The molecule has 0 aliphatic carbocycles. The Balaban J connectivity index is 2.22. The summed E-state index contributed by atoms with van der Waals surface area (Å²) in [7, 11) is 3.15. The van der Waals surface area contributed by atoms with Crippen LogP contribution in [0.2, 0.25) is 0 Å². The van der Waals surface area contributed by atoms with Gasteiger partial charge < -0.3 is 23.8 Å². The van der Waals surface area contributed by atoms with Crippen LogP contribution in [-0.4, -0.2) is 61.8 Å². The van der Waals surface area contributed by atoms with E-state index in [0.717, 1.165) is 24.3 Å². The van der Waals surface area contributed by atoms with E-state index in [1.807, 2.05) is 12.1 Å². The molecule has 0 N–H and O–H groups in total. The van der Waals surface area contributed by atoms with Gasteiger partial charge in [-0.15, -0.1) is 0 Å². The lowest BCUT2D eigenvalue weighted by Crippen LogP contribution is -2.76. The maximum absolute atomic E-state index is 13.1. The summed E-state index contributed by atoms with van der Waals surface area (Å²) in [5.74, 6) is 1.66. The molecule has 1 aromatic rings. The number of amides is 1. The number of rotatable bonds is 13. The lowest BCUT2D eigenvalue weighted by Gasteiger charge is -2.55. The van der Waals surface area contributed by atoms with E-state index in [0.29, 0.717) is 24.9 Å². The highest BCUT2D eigenvalue weighted by atomic mass is 16.7. The van der Waals surface area contributed by atoms with Crippen molar-refractivity contribution in [3.8, 4) is 5.75 Å². The second kappa shape index (κ2) is 10.9. The number of nitrogens with zero attached hydrogens (tertiary/aromatic N) is 2. The molecule has 1 aliphatic heterocycles. The van der Waals surface area contributed by atoms with E-state index >= 15 is 0 Å². The van der Waals surface area contributed by atoms with Crippen molar-refractivity contribution in [1.82, 2.24) is 9.88 Å². The van der Waals surface area contributed by atoms with Gasteiger partial charge in [0, 0.05) is 38.6 Å². The number of ether oxygens (including phenoxy) is 4. The first-order valence-corrected chi connectivity index (χ1v) is 10.3. The molecule has 7 heteroatoms. The Labute approximate surface area is 174 Å². The normalized spacial score (nSPS) is 21.7. The molecule has 1 saturated heterocycles. The first-order valence-electron chi connectivity index (χ1n) is 10.3. The van der Waals surface area contributed by atoms with E-state index in [1.54, 1.807) is 25.3 Å². The summed E-state index contributed by atoms with van der Waals surface area (Å²) in [5, 5.41) is 0. The van der Waals surface area contributed by atoms with E-state index in [-0.39, 0.29) is 25.5 Å². The number of hydrogen-bond acceptors (Lipinski definition) is 6. The largest absolute Gasteiger partial charge is 0.493 e. The Bertz CT molecular complexity index is 652. The van der Waals surface area contributed by atoms with Gasteiger partial charge in [0.15, 0.2) is 5.60 Å². The summed E-state index contributed by atoms with van der Waals surface area (Å²) in [6.07, 6.45) is 3.88. The fraction of sp³-hybridized carbons (Fsp3) is 0.727. The first kappa shape index (κ1) is 23.6. The highest BCUT2D eigenvalue weighted by molar-refractivity contribution is 5.93. The molecule has 1 amide bonds. The van der Waals surface area contributed by atoms with Crippen molar-refractivity contribution in [2.45, 2.75) is 58.6 Å². The minimum absolute atomic E-state index is 0.0474. The number of hydrogen-bond donors (Lipinski definition) is 0. The highest BCUT2D eigenvalue weighted by Crippen LogP contribution is 2.41. The predicted molar refractivity (Wildman–Crippen MR) is 111 cm³/mol. The van der Waals surface area contributed by atoms with Crippen molar-refractivity contribution >= 4 is 5.91 Å². The topological polar surface area (TPSA) is 70.1 Å². The van der Waals surface area contributed by atoms with Crippen LogP contribution in [0.3, 0.4) is 0 Å². The maximum atomic E-state index is 13.1. The van der Waals surface area contributed by atoms with Crippen LogP contribution in [-0.2, 0) is 25.4 Å². The summed E-state index contributed by atoms with van der Waals surface area (Å²) in [4.78, 5) is 19.3. The van der Waals surface area contributed by atoms with Gasteiger partial charge in [0.1, 0.15) is 19.3 Å². The Kier molecular flexibility index (Phi) is 8.86. The Hall–Kier alpha value is -1.70. The molecule has 0 saturated carbocycles. The number of aromatic nitrogens is 1. The fourth-order valence-electron chi connectivity index (χ4n) is 3.66. The minimum Gasteiger partial charge on any atom is -0.493 e. The lowest BCUT2D eigenvalue weighted by molar-refractivity contribution is -0.235. The molecule has 1 aliphatic rings. The second-order valence-electron chi connectivity index (χ2n) is 8.47. The standard InChI is InChI=1S/C22H36N2O5/c1-16(2)8-10-28-19-7-9-23-18(12-19)13-22(29-15-27-6)20(11-17(3)4)24(14-26-5)21(22)25/h7,9,12,16-17,20H,8,10-11,13-15H2,1-6H3. The zero-order valence-corrected chi connectivity index (χ0v) is 18.6. The molecule has 1 fully saturated rings. The Morgan fingerprint density at radius 2 is 1.93 bits per heavy atom. The number of methoxy groups -OCH3 is 2. The van der Waals surface area contributed by atoms with Crippen LogP contribution in [0.4, 0.5) is 0 Å². The SMILES string of the molecule is COCOC1(Cc2cc(OCCC(C)C)ccn2)C(=O)N(COC)C1CC(C)C. The smallest absolute Gasteiger partial charge is 0.259 e. The van der Waals surface area contributed by atoms with Gasteiger partial charge in [-0.2, -0.15) is 0 Å². The summed E-state index contributed by atoms with van der Waals surface area (Å²) in [6, 6.07) is 3.65. The molecule has 0 aromatic carbocycles. The van der Waals surface area contributed by atoms with Crippen LogP contribution >= 0.6 is 0 Å². The molecule has 0 spiro atoms. The number of carbonyl (C=O) groups is 1. The molecule has 2 atom stereocenters. The Morgan fingerprint density at radius 3 is 2.55 bits per heavy atom. The van der Waals surface area contributed by atoms with Crippen LogP contribution in [0.15, 0.2) is 18.3 Å². The predicted octanol–water partition coefficient (Wildman–Crippen LogP) is 3.27. The van der Waals surface area contributed by atoms with Crippen LogP contribution in [0.1, 0.15) is 46.2 Å². The van der Waals surface area contributed by atoms with E-state index in [4.69, 9.17) is 18.9 Å². The van der Waals surface area contributed by atoms with E-state index < -0.39 is 5.60 Å². The molecule has 0 radical (unpaired) electrons. The molecule has 2 rings (SSSR count). The molecule has 2 heterocycles. The molecule has 2 unspecified atom stereocenters. The van der Waals surface area contributed by atoms with Gasteiger partial charge in [-0.3, -0.25) is 9.78 Å². The third kappa shape index (κ3) is 5.90. The van der Waals surface area contributed by atoms with Crippen LogP contribution in [0, 0.1) is 11.8 Å². The van der Waals surface area contributed by atoms with E-state index in [1.165, 1.54) is 0 Å². The number of β-lactam (4-membered cyclic amide) rings is 1. The summed E-state index contributed by atoms with van der Waals surface area (Å²) in [6.45, 7) is 9.56. The average Bonchev–Trinajstić information content (AvgIpc) is 2.67. The van der Waals surface area contributed by atoms with Crippen molar-refractivity contribution in [3.05, 3.63) is 24.0 Å². The molecular weight excluding hydrogens is 372 g/mol. The van der Waals surface area contributed by atoms with Gasteiger partial charge >= 0.3 is 0 Å². The zero-order valence-electron chi connectivity index (χ0n) is 18.6. The zero-order chi connectivity index (χ0) is 21.4. The van der Waals surface area contributed by atoms with Crippen LogP contribution < -0.4 is 4.74 Å². The van der Waals surface area contributed by atoms with Gasteiger partial charge in [-0.25, -0.2) is 0 Å².